The van der Waals surface area contributed by atoms with Crippen LogP contribution in [0, 0.1) is 0 Å². The van der Waals surface area contributed by atoms with E-state index in [1.165, 1.54) is 47.2 Å². The van der Waals surface area contributed by atoms with Crippen molar-refractivity contribution in [1.82, 2.24) is 14.1 Å². The minimum absolute atomic E-state index is 0.902. The standard InChI is InChI=1S/C35H21N3S/c1-2-12-22(13-3-1)37-29-20-10-8-18-27(29)36-35(37)38-28-19-9-6-16-25(28)32-33(38)24-15-5-4-14-23(24)31-26-17-7-11-21-30(26)39-34(31)32/h1-21H. The van der Waals surface area contributed by atoms with Gasteiger partial charge in [0.2, 0.25) is 5.95 Å². The summed E-state index contributed by atoms with van der Waals surface area (Å²) < 4.78 is 7.34. The Balaban J connectivity index is 1.58. The summed E-state index contributed by atoms with van der Waals surface area (Å²) in [4.78, 5) is 5.29. The largest absolute Gasteiger partial charge is 0.278 e. The van der Waals surface area contributed by atoms with Crippen LogP contribution in [0.25, 0.3) is 75.4 Å². The minimum atomic E-state index is 0.902. The topological polar surface area (TPSA) is 22.8 Å². The molecular weight excluding hydrogens is 494 g/mol. The highest BCUT2D eigenvalue weighted by Gasteiger charge is 2.24. The average Bonchev–Trinajstić information content (AvgIpc) is 3.67. The van der Waals surface area contributed by atoms with Gasteiger partial charge in [0.15, 0.2) is 0 Å². The first-order valence-electron chi connectivity index (χ1n) is 13.2. The lowest BCUT2D eigenvalue weighted by Gasteiger charge is -2.13. The number of rotatable bonds is 2. The van der Waals surface area contributed by atoms with E-state index >= 15 is 0 Å². The van der Waals surface area contributed by atoms with Crippen LogP contribution in [0.3, 0.4) is 0 Å². The molecule has 3 aromatic heterocycles. The molecule has 0 saturated carbocycles. The van der Waals surface area contributed by atoms with E-state index in [4.69, 9.17) is 4.98 Å². The third-order valence-corrected chi connectivity index (χ3v) is 9.09. The zero-order valence-electron chi connectivity index (χ0n) is 20.9. The van der Waals surface area contributed by atoms with Crippen molar-refractivity contribution >= 4 is 75.1 Å². The maximum Gasteiger partial charge on any atom is 0.220 e. The van der Waals surface area contributed by atoms with Gasteiger partial charge in [0.05, 0.1) is 22.1 Å². The van der Waals surface area contributed by atoms with Crippen LogP contribution in [0.4, 0.5) is 0 Å². The van der Waals surface area contributed by atoms with E-state index in [1.54, 1.807) is 0 Å². The van der Waals surface area contributed by atoms with Crippen molar-refractivity contribution in [2.45, 2.75) is 0 Å². The Morgan fingerprint density at radius 2 is 1.13 bits per heavy atom. The number of imidazole rings is 1. The Kier molecular flexibility index (Phi) is 4.21. The molecule has 0 aliphatic heterocycles. The van der Waals surface area contributed by atoms with E-state index in [-0.39, 0.29) is 0 Å². The molecule has 0 N–H and O–H groups in total. The Hall–Kier alpha value is -4.93. The number of hydrogen-bond donors (Lipinski definition) is 0. The van der Waals surface area contributed by atoms with Crippen molar-refractivity contribution in [2.75, 3.05) is 0 Å². The van der Waals surface area contributed by atoms with Crippen LogP contribution in [-0.2, 0) is 0 Å². The molecular formula is C35H21N3S. The monoisotopic (exact) mass is 515 g/mol. The summed E-state index contributed by atoms with van der Waals surface area (Å²) in [6.45, 7) is 0. The first-order valence-corrected chi connectivity index (χ1v) is 14.0. The zero-order chi connectivity index (χ0) is 25.5. The van der Waals surface area contributed by atoms with Crippen LogP contribution in [0.5, 0.6) is 0 Å². The molecule has 9 rings (SSSR count). The lowest BCUT2D eigenvalue weighted by Crippen LogP contribution is -2.05. The first kappa shape index (κ1) is 21.1. The van der Waals surface area contributed by atoms with E-state index in [9.17, 15) is 0 Å². The van der Waals surface area contributed by atoms with Gasteiger partial charge >= 0.3 is 0 Å². The number of aromatic nitrogens is 3. The molecule has 0 bridgehead atoms. The molecule has 6 aromatic carbocycles. The minimum Gasteiger partial charge on any atom is -0.278 e. The molecule has 0 spiro atoms. The van der Waals surface area contributed by atoms with E-state index in [0.29, 0.717) is 0 Å². The van der Waals surface area contributed by atoms with Crippen molar-refractivity contribution in [3.63, 3.8) is 0 Å². The van der Waals surface area contributed by atoms with Gasteiger partial charge in [-0.25, -0.2) is 4.98 Å². The second kappa shape index (κ2) is 7.79. The fourth-order valence-electron chi connectivity index (χ4n) is 6.32. The molecule has 0 radical (unpaired) electrons. The highest BCUT2D eigenvalue weighted by atomic mass is 32.1. The lowest BCUT2D eigenvalue weighted by molar-refractivity contribution is 0.958. The second-order valence-electron chi connectivity index (χ2n) is 10.00. The fourth-order valence-corrected chi connectivity index (χ4v) is 7.60. The van der Waals surface area contributed by atoms with Crippen LogP contribution < -0.4 is 0 Å². The molecule has 4 heteroatoms. The molecule has 3 nitrogen and oxygen atoms in total. The first-order chi connectivity index (χ1) is 19.4. The van der Waals surface area contributed by atoms with Crippen molar-refractivity contribution in [3.05, 3.63) is 127 Å². The van der Waals surface area contributed by atoms with Crippen LogP contribution in [-0.4, -0.2) is 14.1 Å². The number of para-hydroxylation sites is 4. The van der Waals surface area contributed by atoms with Gasteiger partial charge in [-0.3, -0.25) is 9.13 Å². The van der Waals surface area contributed by atoms with Crippen molar-refractivity contribution in [3.8, 4) is 11.6 Å². The summed E-state index contributed by atoms with van der Waals surface area (Å²) in [6, 6.07) is 45.5. The summed E-state index contributed by atoms with van der Waals surface area (Å²) in [5, 5.41) is 7.74. The predicted octanol–water partition coefficient (Wildman–Crippen LogP) is 9.64. The van der Waals surface area contributed by atoms with Crippen LogP contribution in [0.1, 0.15) is 0 Å². The predicted molar refractivity (Wildman–Crippen MR) is 166 cm³/mol. The van der Waals surface area contributed by atoms with Gasteiger partial charge in [0, 0.05) is 42.0 Å². The van der Waals surface area contributed by atoms with Gasteiger partial charge in [-0.2, -0.15) is 0 Å². The van der Waals surface area contributed by atoms with Crippen LogP contribution in [0.2, 0.25) is 0 Å². The van der Waals surface area contributed by atoms with Crippen LogP contribution in [0.15, 0.2) is 127 Å². The highest BCUT2D eigenvalue weighted by molar-refractivity contribution is 7.27. The average molecular weight is 516 g/mol. The van der Waals surface area contributed by atoms with Gasteiger partial charge in [-0.05, 0) is 41.8 Å². The van der Waals surface area contributed by atoms with E-state index in [2.05, 4.69) is 137 Å². The molecule has 0 atom stereocenters. The van der Waals surface area contributed by atoms with Gasteiger partial charge in [-0.15, -0.1) is 11.3 Å². The van der Waals surface area contributed by atoms with Gasteiger partial charge in [-0.1, -0.05) is 91.0 Å². The summed E-state index contributed by atoms with van der Waals surface area (Å²) in [5.74, 6) is 0.902. The van der Waals surface area contributed by atoms with Crippen molar-refractivity contribution in [2.24, 2.45) is 0 Å². The van der Waals surface area contributed by atoms with Gasteiger partial charge in [0.25, 0.3) is 0 Å². The third-order valence-electron chi connectivity index (χ3n) is 7.91. The number of nitrogens with zero attached hydrogens (tertiary/aromatic N) is 3. The molecule has 0 saturated heterocycles. The quantitative estimate of drug-likeness (QED) is 0.225. The molecule has 0 amide bonds. The summed E-state index contributed by atoms with van der Waals surface area (Å²) in [7, 11) is 0. The third kappa shape index (κ3) is 2.78. The summed E-state index contributed by atoms with van der Waals surface area (Å²) >= 11 is 1.89. The molecule has 0 aliphatic rings. The number of thiophene rings is 1. The summed E-state index contributed by atoms with van der Waals surface area (Å²) in [6.07, 6.45) is 0. The normalized spacial score (nSPS) is 12.1. The maximum atomic E-state index is 5.29. The maximum absolute atomic E-state index is 5.29. The Morgan fingerprint density at radius 3 is 1.97 bits per heavy atom. The van der Waals surface area contributed by atoms with Gasteiger partial charge < -0.3 is 0 Å². The Bertz CT molecular complexity index is 2390. The SMILES string of the molecule is c1ccc(-n2c(-n3c4ccccc4c4c5sc6ccccc6c5c5ccccc5c43)nc3ccccc32)cc1. The second-order valence-corrected chi connectivity index (χ2v) is 11.0. The summed E-state index contributed by atoms with van der Waals surface area (Å²) in [5.41, 5.74) is 5.54. The molecule has 0 aliphatic carbocycles. The van der Waals surface area contributed by atoms with E-state index < -0.39 is 0 Å². The molecule has 182 valence electrons. The van der Waals surface area contributed by atoms with Crippen molar-refractivity contribution in [1.29, 1.82) is 0 Å². The Labute approximate surface area is 227 Å². The van der Waals surface area contributed by atoms with E-state index in [1.807, 2.05) is 11.3 Å². The molecule has 39 heavy (non-hydrogen) atoms. The molecule has 3 heterocycles. The zero-order valence-corrected chi connectivity index (χ0v) is 21.7. The molecule has 0 fully saturated rings. The fraction of sp³-hybridized carbons (Fsp3) is 0. The van der Waals surface area contributed by atoms with E-state index in [0.717, 1.165) is 28.2 Å². The highest BCUT2D eigenvalue weighted by Crippen LogP contribution is 2.48. The van der Waals surface area contributed by atoms with Crippen LogP contribution >= 0.6 is 11.3 Å². The van der Waals surface area contributed by atoms with Crippen molar-refractivity contribution < 1.29 is 0 Å². The van der Waals surface area contributed by atoms with Gasteiger partial charge in [0.1, 0.15) is 0 Å². The molecule has 9 aromatic rings. The number of fused-ring (bicyclic) bond motifs is 11. The smallest absolute Gasteiger partial charge is 0.220 e. The Morgan fingerprint density at radius 1 is 0.487 bits per heavy atom. The number of benzene rings is 6. The lowest BCUT2D eigenvalue weighted by atomic mass is 10.00. The number of hydrogen-bond acceptors (Lipinski definition) is 2. The molecule has 0 unspecified atom stereocenters.